The Labute approximate surface area is 237 Å². The number of carbonyl (C=O) groups is 2. The van der Waals surface area contributed by atoms with Gasteiger partial charge < -0.3 is 8.83 Å². The molecule has 0 amide bonds. The number of carbonyl (C=O) groups excluding carboxylic acids is 2. The molecule has 0 saturated heterocycles. The average molecular weight is 557 g/mol. The highest BCUT2D eigenvalue weighted by atomic mass is 32.1. The molecule has 0 fully saturated rings. The number of aryl methyl sites for hydroxylation is 6. The molecule has 0 saturated carbocycles. The predicted molar refractivity (Wildman–Crippen MR) is 162 cm³/mol. The first-order chi connectivity index (χ1) is 18.6. The highest BCUT2D eigenvalue weighted by Gasteiger charge is 2.23. The molecule has 0 radical (unpaired) electrons. The highest BCUT2D eigenvalue weighted by molar-refractivity contribution is 7.13. The van der Waals surface area contributed by atoms with Gasteiger partial charge in [-0.25, -0.2) is 0 Å². The Balaban J connectivity index is 1.39. The molecule has 4 heterocycles. The van der Waals surface area contributed by atoms with Crippen molar-refractivity contribution in [2.75, 3.05) is 0 Å². The van der Waals surface area contributed by atoms with Gasteiger partial charge in [-0.15, -0.1) is 22.7 Å². The number of rotatable bonds is 8. The van der Waals surface area contributed by atoms with Gasteiger partial charge in [0.15, 0.2) is 11.6 Å². The third kappa shape index (κ3) is 5.63. The maximum atomic E-state index is 12.7. The summed E-state index contributed by atoms with van der Waals surface area (Å²) in [6, 6.07) is 8.03. The molecule has 6 heteroatoms. The number of hydrogen-bond donors (Lipinski definition) is 0. The van der Waals surface area contributed by atoms with Crippen molar-refractivity contribution in [2.24, 2.45) is 0 Å². The molecule has 0 unspecified atom stereocenters. The molecule has 0 aliphatic heterocycles. The lowest BCUT2D eigenvalue weighted by Gasteiger charge is -2.07. The first-order valence-corrected chi connectivity index (χ1v) is 14.8. The fourth-order valence-corrected chi connectivity index (χ4v) is 7.27. The highest BCUT2D eigenvalue weighted by Crippen LogP contribution is 2.45. The molecule has 0 bridgehead atoms. The summed E-state index contributed by atoms with van der Waals surface area (Å²) in [5.74, 6) is 2.73. The van der Waals surface area contributed by atoms with Crippen LogP contribution in [0.3, 0.4) is 0 Å². The van der Waals surface area contributed by atoms with Crippen LogP contribution in [0.15, 0.2) is 45.3 Å². The third-order valence-corrected chi connectivity index (χ3v) is 9.18. The predicted octanol–water partition coefficient (Wildman–Crippen LogP) is 9.73. The number of furan rings is 2. The van der Waals surface area contributed by atoms with Gasteiger partial charge in [0.25, 0.3) is 0 Å². The molecule has 200 valence electrons. The summed E-state index contributed by atoms with van der Waals surface area (Å²) in [7, 11) is 0. The van der Waals surface area contributed by atoms with Gasteiger partial charge in [0.2, 0.25) is 0 Å². The Bertz CT molecular complexity index is 1550. The summed E-state index contributed by atoms with van der Waals surface area (Å²) in [5.41, 5.74) is 6.58. The SMILES string of the molecule is Cc1cc(C(=O)/C=C/c2cc(C3=C(c4cc(/C=C/C(=O)c5cc(C)oc5C)sc4C)CCC3)c(C)s2)c(C)o1. The van der Waals surface area contributed by atoms with Crippen LogP contribution in [0.5, 0.6) is 0 Å². The minimum Gasteiger partial charge on any atom is -0.466 e. The maximum absolute atomic E-state index is 12.7. The van der Waals surface area contributed by atoms with Crippen molar-refractivity contribution in [3.8, 4) is 0 Å². The summed E-state index contributed by atoms with van der Waals surface area (Å²) < 4.78 is 11.0. The minimum absolute atomic E-state index is 0.0382. The van der Waals surface area contributed by atoms with E-state index in [9.17, 15) is 9.59 Å². The van der Waals surface area contributed by atoms with E-state index < -0.39 is 0 Å². The standard InChI is InChI=1S/C33H32O4S2/c1-18-14-28(20(3)36-18)32(34)12-10-24-16-30(22(5)38-24)26-8-7-9-27(26)31-17-25(39-23(31)6)11-13-33(35)29-15-19(2)37-21(29)4/h10-17H,7-9H2,1-6H3/b12-10+,13-11+. The van der Waals surface area contributed by atoms with Gasteiger partial charge in [-0.3, -0.25) is 9.59 Å². The molecular formula is C33H32O4S2. The fourth-order valence-electron chi connectivity index (χ4n) is 5.36. The Kier molecular flexibility index (Phi) is 7.61. The first kappa shape index (κ1) is 27.1. The Morgan fingerprint density at radius 3 is 1.44 bits per heavy atom. The van der Waals surface area contributed by atoms with Gasteiger partial charge in [0.05, 0.1) is 11.1 Å². The molecule has 4 aromatic rings. The van der Waals surface area contributed by atoms with Crippen molar-refractivity contribution in [1.82, 2.24) is 0 Å². The zero-order valence-electron chi connectivity index (χ0n) is 23.2. The molecule has 0 N–H and O–H groups in total. The number of hydrogen-bond acceptors (Lipinski definition) is 6. The van der Waals surface area contributed by atoms with Crippen molar-refractivity contribution in [3.05, 3.63) is 101 Å². The second kappa shape index (κ2) is 10.9. The van der Waals surface area contributed by atoms with Gasteiger partial charge in [-0.05, 0) is 132 Å². The summed E-state index contributed by atoms with van der Waals surface area (Å²) in [4.78, 5) is 30.0. The Hall–Kier alpha value is -3.48. The van der Waals surface area contributed by atoms with Gasteiger partial charge in [-0.1, -0.05) is 0 Å². The number of ketones is 2. The zero-order chi connectivity index (χ0) is 27.8. The van der Waals surface area contributed by atoms with Crippen molar-refractivity contribution in [1.29, 1.82) is 0 Å². The van der Waals surface area contributed by atoms with Crippen LogP contribution in [0.25, 0.3) is 23.3 Å². The molecule has 0 aromatic carbocycles. The molecule has 1 aliphatic carbocycles. The average Bonchev–Trinajstić information content (AvgIpc) is 3.69. The van der Waals surface area contributed by atoms with Crippen LogP contribution in [-0.2, 0) is 0 Å². The van der Waals surface area contributed by atoms with Crippen LogP contribution >= 0.6 is 22.7 Å². The summed E-state index contributed by atoms with van der Waals surface area (Å²) in [6.07, 6.45) is 10.3. The first-order valence-electron chi connectivity index (χ1n) is 13.1. The van der Waals surface area contributed by atoms with Crippen LogP contribution in [0, 0.1) is 41.5 Å². The van der Waals surface area contributed by atoms with Crippen LogP contribution in [0.2, 0.25) is 0 Å². The molecule has 1 aliphatic rings. The molecule has 0 atom stereocenters. The summed E-state index contributed by atoms with van der Waals surface area (Å²) in [5, 5.41) is 0. The van der Waals surface area contributed by atoms with E-state index in [-0.39, 0.29) is 11.6 Å². The lowest BCUT2D eigenvalue weighted by atomic mass is 9.97. The van der Waals surface area contributed by atoms with E-state index in [2.05, 4.69) is 26.0 Å². The number of allylic oxidation sites excluding steroid dienone is 4. The normalized spacial score (nSPS) is 14.0. The second-order valence-corrected chi connectivity index (χ2v) is 12.7. The van der Waals surface area contributed by atoms with Crippen molar-refractivity contribution in [2.45, 2.75) is 60.8 Å². The monoisotopic (exact) mass is 556 g/mol. The van der Waals surface area contributed by atoms with Gasteiger partial charge in [0.1, 0.15) is 23.0 Å². The van der Waals surface area contributed by atoms with Gasteiger partial charge in [0, 0.05) is 19.5 Å². The molecule has 4 aromatic heterocycles. The summed E-state index contributed by atoms with van der Waals surface area (Å²) in [6.45, 7) is 11.7. The van der Waals surface area contributed by atoms with E-state index in [0.717, 1.165) is 40.5 Å². The van der Waals surface area contributed by atoms with E-state index >= 15 is 0 Å². The Morgan fingerprint density at radius 1 is 0.667 bits per heavy atom. The van der Waals surface area contributed by atoms with Crippen LogP contribution in [0.4, 0.5) is 0 Å². The van der Waals surface area contributed by atoms with Crippen LogP contribution in [0.1, 0.15) is 93.7 Å². The van der Waals surface area contributed by atoms with E-state index in [0.29, 0.717) is 22.6 Å². The quantitative estimate of drug-likeness (QED) is 0.160. The van der Waals surface area contributed by atoms with E-state index in [1.807, 2.05) is 39.8 Å². The number of thiophene rings is 2. The fraction of sp³-hybridized carbons (Fsp3) is 0.273. The third-order valence-electron chi connectivity index (χ3n) is 7.15. The smallest absolute Gasteiger partial charge is 0.189 e. The van der Waals surface area contributed by atoms with Crippen LogP contribution in [-0.4, -0.2) is 11.6 Å². The zero-order valence-corrected chi connectivity index (χ0v) is 24.8. The molecule has 39 heavy (non-hydrogen) atoms. The molecule has 4 nitrogen and oxygen atoms in total. The van der Waals surface area contributed by atoms with Crippen molar-refractivity contribution < 1.29 is 18.4 Å². The molecule has 0 spiro atoms. The topological polar surface area (TPSA) is 60.4 Å². The largest absolute Gasteiger partial charge is 0.466 e. The summed E-state index contributed by atoms with van der Waals surface area (Å²) >= 11 is 3.43. The Morgan fingerprint density at radius 2 is 1.08 bits per heavy atom. The van der Waals surface area contributed by atoms with Crippen molar-refractivity contribution in [3.63, 3.8) is 0 Å². The van der Waals surface area contributed by atoms with E-state index in [1.54, 1.807) is 47.0 Å². The lowest BCUT2D eigenvalue weighted by Crippen LogP contribution is -1.93. The molecular weight excluding hydrogens is 524 g/mol. The molecule has 5 rings (SSSR count). The van der Waals surface area contributed by atoms with Crippen molar-refractivity contribution >= 4 is 57.5 Å². The second-order valence-electron chi connectivity index (χ2n) is 10.1. The van der Waals surface area contributed by atoms with Crippen LogP contribution < -0.4 is 0 Å². The van der Waals surface area contributed by atoms with E-state index in [4.69, 9.17) is 8.83 Å². The van der Waals surface area contributed by atoms with E-state index in [1.165, 1.54) is 32.0 Å². The van der Waals surface area contributed by atoms with Gasteiger partial charge in [-0.2, -0.15) is 0 Å². The van der Waals surface area contributed by atoms with Gasteiger partial charge >= 0.3 is 0 Å². The minimum atomic E-state index is -0.0382. The maximum Gasteiger partial charge on any atom is 0.189 e. The lowest BCUT2D eigenvalue weighted by molar-refractivity contribution is 0.103.